The van der Waals surface area contributed by atoms with Gasteiger partial charge in [0, 0.05) is 17.8 Å². The summed E-state index contributed by atoms with van der Waals surface area (Å²) in [6.07, 6.45) is 0. The minimum atomic E-state index is -0.387. The molecule has 0 atom stereocenters. The number of anilines is 1. The Bertz CT molecular complexity index is 623. The van der Waals surface area contributed by atoms with Gasteiger partial charge in [0.15, 0.2) is 0 Å². The largest absolute Gasteiger partial charge is 0.508 e. The van der Waals surface area contributed by atoms with Gasteiger partial charge < -0.3 is 15.2 Å². The maximum atomic E-state index is 11.7. The van der Waals surface area contributed by atoms with Gasteiger partial charge in [0.2, 0.25) is 0 Å². The number of rotatable bonds is 4. The Morgan fingerprint density at radius 2 is 2.00 bits per heavy atom. The van der Waals surface area contributed by atoms with Crippen molar-refractivity contribution in [2.24, 2.45) is 0 Å². The Morgan fingerprint density at radius 3 is 2.75 bits per heavy atom. The fourth-order valence-electron chi connectivity index (χ4n) is 1.97. The van der Waals surface area contributed by atoms with E-state index in [-0.39, 0.29) is 11.7 Å². The fraction of sp³-hybridized carbons (Fsp3) is 0.188. The van der Waals surface area contributed by atoms with Gasteiger partial charge in [-0.3, -0.25) is 0 Å². The van der Waals surface area contributed by atoms with Crippen LogP contribution < -0.4 is 5.32 Å². The highest BCUT2D eigenvalue weighted by Gasteiger charge is 2.11. The second-order valence-corrected chi connectivity index (χ2v) is 4.52. The minimum Gasteiger partial charge on any atom is -0.508 e. The number of ether oxygens (including phenoxy) is 1. The van der Waals surface area contributed by atoms with E-state index in [1.165, 1.54) is 7.11 Å². The van der Waals surface area contributed by atoms with Crippen LogP contribution >= 0.6 is 0 Å². The number of phenolic OH excluding ortho intramolecular Hbond substituents is 1. The number of hydrogen-bond acceptors (Lipinski definition) is 4. The van der Waals surface area contributed by atoms with Crippen LogP contribution in [0.3, 0.4) is 0 Å². The van der Waals surface area contributed by atoms with Gasteiger partial charge in [-0.2, -0.15) is 0 Å². The molecule has 0 saturated carbocycles. The molecule has 2 rings (SSSR count). The molecular weight excluding hydrogens is 254 g/mol. The molecule has 0 aliphatic carbocycles. The predicted octanol–water partition coefficient (Wildman–Crippen LogP) is 3.10. The number of aromatic hydroxyl groups is 1. The van der Waals surface area contributed by atoms with E-state index < -0.39 is 0 Å². The summed E-state index contributed by atoms with van der Waals surface area (Å²) in [5, 5.41) is 13.0. The number of esters is 1. The standard InChI is InChI=1S/C16H17NO3/c1-11-7-8-15(18)12(9-11)10-17-14-6-4-3-5-13(14)16(19)20-2/h3-9,17-18H,10H2,1-2H3. The summed E-state index contributed by atoms with van der Waals surface area (Å²) in [4.78, 5) is 11.7. The van der Waals surface area contributed by atoms with Crippen LogP contribution in [-0.2, 0) is 11.3 Å². The number of para-hydroxylation sites is 1. The topological polar surface area (TPSA) is 58.6 Å². The molecular formula is C16H17NO3. The van der Waals surface area contributed by atoms with E-state index in [0.29, 0.717) is 17.8 Å². The van der Waals surface area contributed by atoms with Gasteiger partial charge in [0.25, 0.3) is 0 Å². The maximum Gasteiger partial charge on any atom is 0.339 e. The molecule has 2 aromatic rings. The van der Waals surface area contributed by atoms with Crippen LogP contribution in [-0.4, -0.2) is 18.2 Å². The first kappa shape index (κ1) is 13.9. The van der Waals surface area contributed by atoms with Crippen LogP contribution in [0.25, 0.3) is 0 Å². The van der Waals surface area contributed by atoms with Crippen LogP contribution in [0.15, 0.2) is 42.5 Å². The lowest BCUT2D eigenvalue weighted by Gasteiger charge is -2.12. The molecule has 2 N–H and O–H groups in total. The van der Waals surface area contributed by atoms with Gasteiger partial charge in [-0.15, -0.1) is 0 Å². The van der Waals surface area contributed by atoms with Crippen molar-refractivity contribution < 1.29 is 14.6 Å². The fourth-order valence-corrected chi connectivity index (χ4v) is 1.97. The van der Waals surface area contributed by atoms with Gasteiger partial charge in [-0.1, -0.05) is 29.8 Å². The number of hydrogen-bond donors (Lipinski definition) is 2. The molecule has 0 saturated heterocycles. The van der Waals surface area contributed by atoms with Crippen LogP contribution in [0, 0.1) is 6.92 Å². The summed E-state index contributed by atoms with van der Waals surface area (Å²) in [6.45, 7) is 2.40. The number of carbonyl (C=O) groups is 1. The first-order chi connectivity index (χ1) is 9.61. The smallest absolute Gasteiger partial charge is 0.339 e. The van der Waals surface area contributed by atoms with Crippen LogP contribution in [0.1, 0.15) is 21.5 Å². The third kappa shape index (κ3) is 3.09. The average molecular weight is 271 g/mol. The predicted molar refractivity (Wildman–Crippen MR) is 78.0 cm³/mol. The first-order valence-corrected chi connectivity index (χ1v) is 6.31. The monoisotopic (exact) mass is 271 g/mol. The molecule has 4 nitrogen and oxygen atoms in total. The van der Waals surface area contributed by atoms with Crippen molar-refractivity contribution in [2.75, 3.05) is 12.4 Å². The lowest BCUT2D eigenvalue weighted by atomic mass is 10.1. The van der Waals surface area contributed by atoms with Crippen molar-refractivity contribution in [2.45, 2.75) is 13.5 Å². The van der Waals surface area contributed by atoms with Gasteiger partial charge in [0.05, 0.1) is 12.7 Å². The normalized spacial score (nSPS) is 10.1. The molecule has 0 radical (unpaired) electrons. The van der Waals surface area contributed by atoms with Crippen molar-refractivity contribution in [3.8, 4) is 5.75 Å². The highest BCUT2D eigenvalue weighted by atomic mass is 16.5. The summed E-state index contributed by atoms with van der Waals surface area (Å²) in [7, 11) is 1.35. The zero-order chi connectivity index (χ0) is 14.5. The van der Waals surface area contributed by atoms with Crippen molar-refractivity contribution in [3.05, 3.63) is 59.2 Å². The first-order valence-electron chi connectivity index (χ1n) is 6.31. The van der Waals surface area contributed by atoms with E-state index in [9.17, 15) is 9.90 Å². The Kier molecular flexibility index (Phi) is 4.25. The Balaban J connectivity index is 2.19. The van der Waals surface area contributed by atoms with E-state index >= 15 is 0 Å². The van der Waals surface area contributed by atoms with Gasteiger partial charge in [-0.25, -0.2) is 4.79 Å². The van der Waals surface area contributed by atoms with Crippen molar-refractivity contribution >= 4 is 11.7 Å². The Labute approximate surface area is 118 Å². The summed E-state index contributed by atoms with van der Waals surface area (Å²) < 4.78 is 4.74. The van der Waals surface area contributed by atoms with E-state index in [0.717, 1.165) is 11.1 Å². The van der Waals surface area contributed by atoms with Crippen LogP contribution in [0.2, 0.25) is 0 Å². The highest BCUT2D eigenvalue weighted by molar-refractivity contribution is 5.95. The Hall–Kier alpha value is -2.49. The molecule has 20 heavy (non-hydrogen) atoms. The van der Waals surface area contributed by atoms with Crippen molar-refractivity contribution in [3.63, 3.8) is 0 Å². The second-order valence-electron chi connectivity index (χ2n) is 4.52. The zero-order valence-electron chi connectivity index (χ0n) is 11.5. The molecule has 0 fully saturated rings. The van der Waals surface area contributed by atoms with Crippen LogP contribution in [0.4, 0.5) is 5.69 Å². The number of nitrogens with one attached hydrogen (secondary N) is 1. The molecule has 4 heteroatoms. The third-order valence-corrected chi connectivity index (χ3v) is 3.04. The summed E-state index contributed by atoms with van der Waals surface area (Å²) >= 11 is 0. The average Bonchev–Trinajstić information content (AvgIpc) is 2.47. The van der Waals surface area contributed by atoms with Crippen molar-refractivity contribution in [1.29, 1.82) is 0 Å². The molecule has 0 bridgehead atoms. The molecule has 0 unspecified atom stereocenters. The molecule has 0 aliphatic heterocycles. The quantitative estimate of drug-likeness (QED) is 0.839. The number of phenols is 1. The zero-order valence-corrected chi connectivity index (χ0v) is 11.5. The van der Waals surface area contributed by atoms with E-state index in [4.69, 9.17) is 4.74 Å². The molecule has 0 spiro atoms. The SMILES string of the molecule is COC(=O)c1ccccc1NCc1cc(C)ccc1O. The molecule has 2 aromatic carbocycles. The molecule has 0 aliphatic rings. The summed E-state index contributed by atoms with van der Waals surface area (Å²) in [5.74, 6) is -0.153. The molecule has 0 amide bonds. The third-order valence-electron chi connectivity index (χ3n) is 3.04. The van der Waals surface area contributed by atoms with Crippen molar-refractivity contribution in [1.82, 2.24) is 0 Å². The van der Waals surface area contributed by atoms with E-state index in [1.54, 1.807) is 24.3 Å². The highest BCUT2D eigenvalue weighted by Crippen LogP contribution is 2.21. The second kappa shape index (κ2) is 6.10. The molecule has 0 aromatic heterocycles. The number of carbonyl (C=O) groups excluding carboxylic acids is 1. The number of aryl methyl sites for hydroxylation is 1. The van der Waals surface area contributed by atoms with Gasteiger partial charge in [0.1, 0.15) is 5.75 Å². The summed E-state index contributed by atoms with van der Waals surface area (Å²) in [6, 6.07) is 12.5. The number of methoxy groups -OCH3 is 1. The van der Waals surface area contributed by atoms with Crippen LogP contribution in [0.5, 0.6) is 5.75 Å². The molecule has 0 heterocycles. The van der Waals surface area contributed by atoms with Gasteiger partial charge >= 0.3 is 5.97 Å². The minimum absolute atomic E-state index is 0.235. The maximum absolute atomic E-state index is 11.7. The van der Waals surface area contributed by atoms with E-state index in [2.05, 4.69) is 5.32 Å². The van der Waals surface area contributed by atoms with E-state index in [1.807, 2.05) is 25.1 Å². The number of benzene rings is 2. The summed E-state index contributed by atoms with van der Waals surface area (Å²) in [5.41, 5.74) is 3.01. The Morgan fingerprint density at radius 1 is 1.25 bits per heavy atom. The lowest BCUT2D eigenvalue weighted by Crippen LogP contribution is -2.08. The molecule has 104 valence electrons. The van der Waals surface area contributed by atoms with Gasteiger partial charge in [-0.05, 0) is 25.1 Å². The lowest BCUT2D eigenvalue weighted by molar-refractivity contribution is 0.0602.